The molecule has 0 amide bonds. The van der Waals surface area contributed by atoms with E-state index in [4.69, 9.17) is 4.42 Å². The molecule has 1 saturated heterocycles. The molecular weight excluding hydrogens is 170 g/mol. The van der Waals surface area contributed by atoms with Crippen molar-refractivity contribution in [1.29, 1.82) is 0 Å². The monoisotopic (exact) mass is 183 g/mol. The third-order valence-corrected chi connectivity index (χ3v) is 2.31. The number of rotatable bonds is 1. The van der Waals surface area contributed by atoms with E-state index in [-0.39, 0.29) is 5.92 Å². The van der Waals surface area contributed by atoms with Crippen LogP contribution in [-0.4, -0.2) is 34.5 Å². The summed E-state index contributed by atoms with van der Waals surface area (Å²) in [6.07, 6.45) is 0.441. The van der Waals surface area contributed by atoms with Gasteiger partial charge in [-0.1, -0.05) is 0 Å². The molecule has 0 aromatic carbocycles. The number of β-amino-alcohol motifs (C(OH)–C–C–N with tert-alkyl or cyclic N) is 1. The van der Waals surface area contributed by atoms with Gasteiger partial charge in [0.2, 0.25) is 11.8 Å². The Hall–Kier alpha value is -0.940. The van der Waals surface area contributed by atoms with Crippen LogP contribution in [0.3, 0.4) is 0 Å². The minimum Gasteiger partial charge on any atom is -0.425 e. The number of nitrogens with zero attached hydrogens (tertiary/aromatic N) is 2. The predicted octanol–water partition coefficient (Wildman–Crippen LogP) is -0.184. The number of hydrogen-bond acceptors (Lipinski definition) is 5. The fourth-order valence-electron chi connectivity index (χ4n) is 1.59. The van der Waals surface area contributed by atoms with Gasteiger partial charge in [-0.15, -0.1) is 10.2 Å². The maximum Gasteiger partial charge on any atom is 0.222 e. The molecule has 0 spiro atoms. The minimum atomic E-state index is -0.409. The van der Waals surface area contributed by atoms with Crippen LogP contribution in [0.2, 0.25) is 0 Å². The molecule has 0 radical (unpaired) electrons. The lowest BCUT2D eigenvalue weighted by Crippen LogP contribution is -2.39. The van der Waals surface area contributed by atoms with Crippen molar-refractivity contribution in [2.75, 3.05) is 13.1 Å². The van der Waals surface area contributed by atoms with Gasteiger partial charge in [0.1, 0.15) is 0 Å². The second-order valence-electron chi connectivity index (χ2n) is 3.33. The largest absolute Gasteiger partial charge is 0.425 e. The van der Waals surface area contributed by atoms with Gasteiger partial charge in [0.15, 0.2) is 0 Å². The van der Waals surface area contributed by atoms with Crippen LogP contribution in [0.15, 0.2) is 4.42 Å². The van der Waals surface area contributed by atoms with Crippen LogP contribution in [-0.2, 0) is 0 Å². The Balaban J connectivity index is 2.14. The van der Waals surface area contributed by atoms with Crippen molar-refractivity contribution in [3.05, 3.63) is 11.8 Å². The molecule has 2 rings (SSSR count). The summed E-state index contributed by atoms with van der Waals surface area (Å²) in [4.78, 5) is 0. The van der Waals surface area contributed by atoms with Gasteiger partial charge in [-0.2, -0.15) is 0 Å². The lowest BCUT2D eigenvalue weighted by molar-refractivity contribution is 0.105. The van der Waals surface area contributed by atoms with Gasteiger partial charge in [-0.3, -0.25) is 0 Å². The van der Waals surface area contributed by atoms with Crippen LogP contribution in [0.4, 0.5) is 0 Å². The van der Waals surface area contributed by atoms with Gasteiger partial charge in [-0.05, 0) is 13.0 Å². The third-order valence-electron chi connectivity index (χ3n) is 2.31. The summed E-state index contributed by atoms with van der Waals surface area (Å²) in [6, 6.07) is 0. The second kappa shape index (κ2) is 3.43. The smallest absolute Gasteiger partial charge is 0.222 e. The molecule has 1 fully saturated rings. The number of aryl methyl sites for hydroxylation is 1. The molecule has 1 aliphatic rings. The van der Waals surface area contributed by atoms with E-state index in [0.29, 0.717) is 18.3 Å². The normalized spacial score (nSPS) is 29.1. The topological polar surface area (TPSA) is 71.2 Å². The van der Waals surface area contributed by atoms with E-state index < -0.39 is 6.10 Å². The van der Waals surface area contributed by atoms with Crippen LogP contribution in [0.1, 0.15) is 24.1 Å². The van der Waals surface area contributed by atoms with Gasteiger partial charge < -0.3 is 14.8 Å². The van der Waals surface area contributed by atoms with E-state index in [9.17, 15) is 5.11 Å². The Labute approximate surface area is 76.2 Å². The maximum atomic E-state index is 9.64. The number of aliphatic hydroxyl groups is 1. The molecule has 5 heteroatoms. The molecule has 2 heterocycles. The van der Waals surface area contributed by atoms with E-state index in [1.165, 1.54) is 0 Å². The molecule has 1 aromatic heterocycles. The van der Waals surface area contributed by atoms with Crippen molar-refractivity contribution in [2.24, 2.45) is 0 Å². The van der Waals surface area contributed by atoms with Gasteiger partial charge in [-0.25, -0.2) is 0 Å². The maximum absolute atomic E-state index is 9.64. The van der Waals surface area contributed by atoms with E-state index in [1.54, 1.807) is 6.92 Å². The molecule has 1 aliphatic heterocycles. The number of aliphatic hydroxyl groups excluding tert-OH is 1. The van der Waals surface area contributed by atoms with E-state index in [1.807, 2.05) is 0 Å². The lowest BCUT2D eigenvalue weighted by atomic mass is 9.95. The first kappa shape index (κ1) is 8.65. The zero-order valence-corrected chi connectivity index (χ0v) is 7.53. The van der Waals surface area contributed by atoms with Gasteiger partial charge in [0, 0.05) is 13.5 Å². The van der Waals surface area contributed by atoms with Crippen molar-refractivity contribution in [2.45, 2.75) is 25.4 Å². The molecule has 2 N–H and O–H groups in total. The molecular formula is C8H13N3O2. The number of nitrogens with one attached hydrogen (secondary N) is 1. The average Bonchev–Trinajstić information content (AvgIpc) is 2.53. The summed E-state index contributed by atoms with van der Waals surface area (Å²) in [7, 11) is 0. The second-order valence-corrected chi connectivity index (χ2v) is 3.33. The predicted molar refractivity (Wildman–Crippen MR) is 45.3 cm³/mol. The fourth-order valence-corrected chi connectivity index (χ4v) is 1.59. The standard InChI is InChI=1S/C8H13N3O2/c1-5-10-11-8(13-5)6-2-3-9-4-7(6)12/h6-7,9,12H,2-4H2,1H3. The molecule has 0 bridgehead atoms. The van der Waals surface area contributed by atoms with E-state index >= 15 is 0 Å². The van der Waals surface area contributed by atoms with Gasteiger partial charge in [0.05, 0.1) is 12.0 Å². The Morgan fingerprint density at radius 2 is 2.38 bits per heavy atom. The van der Waals surface area contributed by atoms with Crippen molar-refractivity contribution in [3.8, 4) is 0 Å². The molecule has 13 heavy (non-hydrogen) atoms. The first-order chi connectivity index (χ1) is 6.27. The van der Waals surface area contributed by atoms with Crippen LogP contribution >= 0.6 is 0 Å². The molecule has 5 nitrogen and oxygen atoms in total. The molecule has 2 atom stereocenters. The SMILES string of the molecule is Cc1nnc(C2CCNCC2O)o1. The van der Waals surface area contributed by atoms with Gasteiger partial charge in [0.25, 0.3) is 0 Å². The minimum absolute atomic E-state index is 0.00227. The van der Waals surface area contributed by atoms with Crippen molar-refractivity contribution >= 4 is 0 Å². The molecule has 0 aliphatic carbocycles. The summed E-state index contributed by atoms with van der Waals surface area (Å²) in [5.41, 5.74) is 0. The first-order valence-corrected chi connectivity index (χ1v) is 4.46. The lowest BCUT2D eigenvalue weighted by Gasteiger charge is -2.25. The summed E-state index contributed by atoms with van der Waals surface area (Å²) >= 11 is 0. The first-order valence-electron chi connectivity index (χ1n) is 4.46. The summed E-state index contributed by atoms with van der Waals surface area (Å²) in [5, 5.41) is 20.4. The highest BCUT2D eigenvalue weighted by atomic mass is 16.4. The molecule has 0 saturated carbocycles. The highest BCUT2D eigenvalue weighted by Gasteiger charge is 2.28. The van der Waals surface area contributed by atoms with E-state index in [0.717, 1.165) is 13.0 Å². The van der Waals surface area contributed by atoms with Crippen LogP contribution in [0, 0.1) is 6.92 Å². The Kier molecular flexibility index (Phi) is 2.28. The highest BCUT2D eigenvalue weighted by molar-refractivity contribution is 4.97. The molecule has 72 valence electrons. The van der Waals surface area contributed by atoms with Crippen LogP contribution in [0.25, 0.3) is 0 Å². The Morgan fingerprint density at radius 3 is 3.00 bits per heavy atom. The quantitative estimate of drug-likeness (QED) is 0.631. The van der Waals surface area contributed by atoms with Gasteiger partial charge >= 0.3 is 0 Å². The number of aromatic nitrogens is 2. The zero-order chi connectivity index (χ0) is 9.26. The number of hydrogen-bond donors (Lipinski definition) is 2. The highest BCUT2D eigenvalue weighted by Crippen LogP contribution is 2.23. The van der Waals surface area contributed by atoms with Crippen molar-refractivity contribution in [1.82, 2.24) is 15.5 Å². The Morgan fingerprint density at radius 1 is 1.54 bits per heavy atom. The Bertz CT molecular complexity index is 287. The summed E-state index contributed by atoms with van der Waals surface area (Å²) in [5.74, 6) is 1.12. The fraction of sp³-hybridized carbons (Fsp3) is 0.750. The summed E-state index contributed by atoms with van der Waals surface area (Å²) < 4.78 is 5.28. The third kappa shape index (κ3) is 1.71. The summed E-state index contributed by atoms with van der Waals surface area (Å²) in [6.45, 7) is 3.25. The molecule has 1 aromatic rings. The van der Waals surface area contributed by atoms with Crippen molar-refractivity contribution < 1.29 is 9.52 Å². The zero-order valence-electron chi connectivity index (χ0n) is 7.53. The van der Waals surface area contributed by atoms with E-state index in [2.05, 4.69) is 15.5 Å². The van der Waals surface area contributed by atoms with Crippen molar-refractivity contribution in [3.63, 3.8) is 0 Å². The average molecular weight is 183 g/mol. The van der Waals surface area contributed by atoms with Crippen LogP contribution in [0.5, 0.6) is 0 Å². The van der Waals surface area contributed by atoms with Crippen LogP contribution < -0.4 is 5.32 Å². The number of piperidine rings is 1. The molecule has 2 unspecified atom stereocenters.